The fourth-order valence-corrected chi connectivity index (χ4v) is 4.41. The molecule has 25 heavy (non-hydrogen) atoms. The minimum atomic E-state index is -0.537. The Morgan fingerprint density at radius 2 is 1.96 bits per heavy atom. The van der Waals surface area contributed by atoms with Crippen molar-refractivity contribution in [3.05, 3.63) is 16.1 Å². The molecule has 2 heterocycles. The summed E-state index contributed by atoms with van der Waals surface area (Å²) in [6, 6.07) is -0.350. The van der Waals surface area contributed by atoms with Crippen LogP contribution >= 0.6 is 11.3 Å². The Bertz CT molecular complexity index is 629. The first-order chi connectivity index (χ1) is 11.8. The lowest BCUT2D eigenvalue weighted by molar-refractivity contribution is -0.127. The molecule has 1 atom stereocenters. The van der Waals surface area contributed by atoms with E-state index in [1.807, 2.05) is 20.8 Å². The van der Waals surface area contributed by atoms with Gasteiger partial charge in [0.25, 0.3) is 0 Å². The zero-order valence-electron chi connectivity index (χ0n) is 15.4. The Morgan fingerprint density at radius 3 is 2.56 bits per heavy atom. The van der Waals surface area contributed by atoms with E-state index in [0.29, 0.717) is 18.9 Å². The van der Waals surface area contributed by atoms with Crippen LogP contribution in [0.4, 0.5) is 4.79 Å². The summed E-state index contributed by atoms with van der Waals surface area (Å²) in [5.41, 5.74) is 0.620. The van der Waals surface area contributed by atoms with Gasteiger partial charge in [0, 0.05) is 17.8 Å². The number of aromatic nitrogens is 1. The Kier molecular flexibility index (Phi) is 5.46. The zero-order chi connectivity index (χ0) is 18.0. The Balaban J connectivity index is 1.55. The predicted octanol–water partition coefficient (Wildman–Crippen LogP) is 4.31. The van der Waals surface area contributed by atoms with E-state index in [2.05, 4.69) is 5.38 Å². The molecular formula is C19H28N2O3S. The molecule has 1 saturated heterocycles. The van der Waals surface area contributed by atoms with Crippen LogP contribution in [0, 0.1) is 0 Å². The monoisotopic (exact) mass is 364 g/mol. The van der Waals surface area contributed by atoms with Crippen molar-refractivity contribution >= 4 is 23.2 Å². The quantitative estimate of drug-likeness (QED) is 0.799. The number of nitrogens with zero attached hydrogens (tertiary/aromatic N) is 2. The van der Waals surface area contributed by atoms with E-state index in [1.54, 1.807) is 16.2 Å². The SMILES string of the molecule is CC(C)(C)OC(=O)N1CC[C@H]1C(=O)Cc1nc(C2CCCCC2)cs1. The molecule has 3 rings (SSSR count). The molecule has 0 unspecified atom stereocenters. The van der Waals surface area contributed by atoms with Gasteiger partial charge in [0.1, 0.15) is 10.6 Å². The van der Waals surface area contributed by atoms with Crippen molar-refractivity contribution in [1.29, 1.82) is 0 Å². The van der Waals surface area contributed by atoms with Crippen molar-refractivity contribution in [2.45, 2.75) is 83.3 Å². The van der Waals surface area contributed by atoms with Gasteiger partial charge in [-0.25, -0.2) is 9.78 Å². The number of carbonyl (C=O) groups is 2. The number of amides is 1. The van der Waals surface area contributed by atoms with E-state index in [9.17, 15) is 9.59 Å². The van der Waals surface area contributed by atoms with Crippen LogP contribution in [-0.2, 0) is 16.0 Å². The first kappa shape index (κ1) is 18.4. The molecule has 1 amide bonds. The lowest BCUT2D eigenvalue weighted by atomic mass is 9.87. The second kappa shape index (κ2) is 7.44. The summed E-state index contributed by atoms with van der Waals surface area (Å²) in [5, 5.41) is 2.99. The topological polar surface area (TPSA) is 59.5 Å². The largest absolute Gasteiger partial charge is 0.444 e. The predicted molar refractivity (Wildman–Crippen MR) is 98.0 cm³/mol. The van der Waals surface area contributed by atoms with Gasteiger partial charge < -0.3 is 4.74 Å². The molecule has 1 aromatic heterocycles. The molecule has 1 saturated carbocycles. The molecule has 6 heteroatoms. The van der Waals surface area contributed by atoms with Crippen LogP contribution < -0.4 is 0 Å². The van der Waals surface area contributed by atoms with E-state index in [1.165, 1.54) is 32.1 Å². The fraction of sp³-hybridized carbons (Fsp3) is 0.737. The maximum absolute atomic E-state index is 12.6. The fourth-order valence-electron chi connectivity index (χ4n) is 3.52. The number of Topliss-reactive ketones (excluding diaryl/α,β-unsaturated/α-hetero) is 1. The Labute approximate surface area is 153 Å². The lowest BCUT2D eigenvalue weighted by Gasteiger charge is -2.40. The maximum Gasteiger partial charge on any atom is 0.410 e. The second-order valence-corrected chi connectivity index (χ2v) is 9.06. The minimum Gasteiger partial charge on any atom is -0.444 e. The molecule has 0 aromatic carbocycles. The Hall–Kier alpha value is -1.43. The molecular weight excluding hydrogens is 336 g/mol. The van der Waals surface area contributed by atoms with Crippen LogP contribution in [0.1, 0.15) is 75.9 Å². The third-order valence-electron chi connectivity index (χ3n) is 4.94. The number of rotatable bonds is 4. The number of ketones is 1. The Morgan fingerprint density at radius 1 is 1.24 bits per heavy atom. The first-order valence-electron chi connectivity index (χ1n) is 9.30. The van der Waals surface area contributed by atoms with Crippen LogP contribution in [0.3, 0.4) is 0 Å². The van der Waals surface area contributed by atoms with Crippen LogP contribution in [0.15, 0.2) is 5.38 Å². The van der Waals surface area contributed by atoms with Gasteiger partial charge in [0.05, 0.1) is 18.2 Å². The van der Waals surface area contributed by atoms with Crippen LogP contribution in [0.5, 0.6) is 0 Å². The third-order valence-corrected chi connectivity index (χ3v) is 5.80. The van der Waals surface area contributed by atoms with E-state index in [4.69, 9.17) is 9.72 Å². The second-order valence-electron chi connectivity index (χ2n) is 8.12. The van der Waals surface area contributed by atoms with Gasteiger partial charge in [-0.15, -0.1) is 11.3 Å². The molecule has 0 N–H and O–H groups in total. The molecule has 1 aliphatic heterocycles. The highest BCUT2D eigenvalue weighted by molar-refractivity contribution is 7.09. The summed E-state index contributed by atoms with van der Waals surface area (Å²) in [6.45, 7) is 6.11. The average molecular weight is 365 g/mol. The smallest absolute Gasteiger partial charge is 0.410 e. The van der Waals surface area contributed by atoms with E-state index >= 15 is 0 Å². The molecule has 2 fully saturated rings. The summed E-state index contributed by atoms with van der Waals surface area (Å²) >= 11 is 1.58. The summed E-state index contributed by atoms with van der Waals surface area (Å²) in [5.74, 6) is 0.637. The number of thiazole rings is 1. The van der Waals surface area contributed by atoms with Crippen molar-refractivity contribution in [3.8, 4) is 0 Å². The van der Waals surface area contributed by atoms with Crippen LogP contribution in [-0.4, -0.2) is 39.9 Å². The average Bonchev–Trinajstić information content (AvgIpc) is 2.93. The number of hydrogen-bond acceptors (Lipinski definition) is 5. The van der Waals surface area contributed by atoms with Gasteiger partial charge in [0.15, 0.2) is 5.78 Å². The molecule has 1 aromatic rings. The summed E-state index contributed by atoms with van der Waals surface area (Å²) in [7, 11) is 0. The van der Waals surface area contributed by atoms with Crippen LogP contribution in [0.2, 0.25) is 0 Å². The van der Waals surface area contributed by atoms with Gasteiger partial charge in [-0.2, -0.15) is 0 Å². The zero-order valence-corrected chi connectivity index (χ0v) is 16.2. The minimum absolute atomic E-state index is 0.0710. The molecule has 0 bridgehead atoms. The summed E-state index contributed by atoms with van der Waals surface area (Å²) < 4.78 is 5.38. The molecule has 138 valence electrons. The van der Waals surface area contributed by atoms with Crippen molar-refractivity contribution in [1.82, 2.24) is 9.88 Å². The van der Waals surface area contributed by atoms with Crippen molar-refractivity contribution in [2.75, 3.05) is 6.54 Å². The lowest BCUT2D eigenvalue weighted by Crippen LogP contribution is -2.56. The first-order valence-corrected chi connectivity index (χ1v) is 10.2. The van der Waals surface area contributed by atoms with Gasteiger partial charge in [-0.1, -0.05) is 19.3 Å². The number of ether oxygens (including phenoxy) is 1. The van der Waals surface area contributed by atoms with Crippen molar-refractivity contribution < 1.29 is 14.3 Å². The van der Waals surface area contributed by atoms with Gasteiger partial charge in [0.2, 0.25) is 0 Å². The van der Waals surface area contributed by atoms with Gasteiger partial charge >= 0.3 is 6.09 Å². The van der Waals surface area contributed by atoms with Crippen molar-refractivity contribution in [3.63, 3.8) is 0 Å². The van der Waals surface area contributed by atoms with E-state index < -0.39 is 5.60 Å². The van der Waals surface area contributed by atoms with Gasteiger partial charge in [-0.05, 0) is 40.0 Å². The number of hydrogen-bond donors (Lipinski definition) is 0. The summed E-state index contributed by atoms with van der Waals surface area (Å²) in [4.78, 5) is 31.0. The standard InChI is InChI=1S/C19H28N2O3S/c1-19(2,3)24-18(23)21-10-9-15(21)16(22)11-17-20-14(12-25-17)13-7-5-4-6-8-13/h12-13,15H,4-11H2,1-3H3/t15-/m0/s1. The molecule has 0 radical (unpaired) electrons. The van der Waals surface area contributed by atoms with E-state index in [0.717, 1.165) is 17.1 Å². The van der Waals surface area contributed by atoms with Gasteiger partial charge in [-0.3, -0.25) is 9.69 Å². The molecule has 0 spiro atoms. The highest BCUT2D eigenvalue weighted by Crippen LogP contribution is 2.33. The summed E-state index contributed by atoms with van der Waals surface area (Å²) in [6.07, 6.45) is 6.97. The molecule has 1 aliphatic carbocycles. The number of likely N-dealkylation sites (tertiary alicyclic amines) is 1. The number of carbonyl (C=O) groups excluding carboxylic acids is 2. The highest BCUT2D eigenvalue weighted by Gasteiger charge is 2.39. The van der Waals surface area contributed by atoms with Crippen LogP contribution in [0.25, 0.3) is 0 Å². The molecule has 5 nitrogen and oxygen atoms in total. The third kappa shape index (κ3) is 4.60. The maximum atomic E-state index is 12.6. The van der Waals surface area contributed by atoms with Crippen molar-refractivity contribution in [2.24, 2.45) is 0 Å². The molecule has 2 aliphatic rings. The normalized spacial score (nSPS) is 21.7. The highest BCUT2D eigenvalue weighted by atomic mass is 32.1. The van der Waals surface area contributed by atoms with E-state index in [-0.39, 0.29) is 17.9 Å².